The molecule has 4 aromatic rings. The van der Waals surface area contributed by atoms with Crippen LogP contribution in [0.25, 0.3) is 10.2 Å². The number of rotatable bonds is 6. The lowest BCUT2D eigenvalue weighted by atomic mass is 10.2. The number of aromatic nitrogens is 1. The fourth-order valence-electron chi connectivity index (χ4n) is 2.83. The van der Waals surface area contributed by atoms with E-state index in [0.29, 0.717) is 10.4 Å². The molecule has 1 aromatic heterocycles. The average Bonchev–Trinajstić information content (AvgIpc) is 3.17. The normalized spacial score (nSPS) is 11.3. The number of hydrogen-bond acceptors (Lipinski definition) is 6. The van der Waals surface area contributed by atoms with E-state index in [4.69, 9.17) is 4.74 Å². The molecule has 2 N–H and O–H groups in total. The van der Waals surface area contributed by atoms with Crippen molar-refractivity contribution in [2.24, 2.45) is 0 Å². The summed E-state index contributed by atoms with van der Waals surface area (Å²) in [6.45, 7) is 0. The first kappa shape index (κ1) is 20.8. The number of benzene rings is 3. The second-order valence-electron chi connectivity index (χ2n) is 6.42. The molecule has 0 spiro atoms. The number of nitrogens with zero attached hydrogens (tertiary/aromatic N) is 1. The molecule has 0 bridgehead atoms. The fraction of sp³-hybridized carbons (Fsp3) is 0.0476. The number of carbonyl (C=O) groups is 1. The quantitative estimate of drug-likeness (QED) is 0.444. The van der Waals surface area contributed by atoms with Crippen molar-refractivity contribution >= 4 is 48.3 Å². The maximum absolute atomic E-state index is 13.8. The Morgan fingerprint density at radius 1 is 1.06 bits per heavy atom. The molecule has 0 unspecified atom stereocenters. The van der Waals surface area contributed by atoms with Gasteiger partial charge in [0.1, 0.15) is 17.1 Å². The van der Waals surface area contributed by atoms with Crippen molar-refractivity contribution in [1.29, 1.82) is 0 Å². The molecule has 3 aromatic carbocycles. The number of methoxy groups -OCH3 is 1. The molecular formula is C21H16FN3O4S2. The van der Waals surface area contributed by atoms with E-state index < -0.39 is 21.7 Å². The van der Waals surface area contributed by atoms with E-state index >= 15 is 0 Å². The van der Waals surface area contributed by atoms with Gasteiger partial charge in [-0.2, -0.15) is 0 Å². The van der Waals surface area contributed by atoms with Crippen LogP contribution in [0.1, 0.15) is 10.4 Å². The molecule has 7 nitrogen and oxygen atoms in total. The van der Waals surface area contributed by atoms with Crippen LogP contribution in [0.2, 0.25) is 0 Å². The second kappa shape index (κ2) is 8.32. The summed E-state index contributed by atoms with van der Waals surface area (Å²) >= 11 is 1.14. The maximum atomic E-state index is 13.8. The first-order chi connectivity index (χ1) is 14.9. The van der Waals surface area contributed by atoms with Crippen molar-refractivity contribution in [1.82, 2.24) is 4.98 Å². The molecule has 0 saturated carbocycles. The number of para-hydroxylation sites is 1. The van der Waals surface area contributed by atoms with Crippen LogP contribution in [-0.4, -0.2) is 26.4 Å². The summed E-state index contributed by atoms with van der Waals surface area (Å²) in [5.41, 5.74) is 0.622. The lowest BCUT2D eigenvalue weighted by molar-refractivity contribution is 0.102. The monoisotopic (exact) mass is 457 g/mol. The summed E-state index contributed by atoms with van der Waals surface area (Å²) < 4.78 is 47.1. The molecule has 0 aliphatic heterocycles. The third-order valence-corrected chi connectivity index (χ3v) is 6.67. The minimum atomic E-state index is -3.85. The highest BCUT2D eigenvalue weighted by Gasteiger charge is 2.16. The van der Waals surface area contributed by atoms with Gasteiger partial charge in [-0.15, -0.1) is 0 Å². The lowest BCUT2D eigenvalue weighted by Gasteiger charge is -2.10. The minimum absolute atomic E-state index is 0.0552. The predicted octanol–water partition coefficient (Wildman–Crippen LogP) is 4.50. The number of carbonyl (C=O) groups excluding carboxylic acids is 1. The number of fused-ring (bicyclic) bond motifs is 1. The van der Waals surface area contributed by atoms with Gasteiger partial charge in [-0.25, -0.2) is 17.8 Å². The average molecular weight is 458 g/mol. The molecule has 1 amide bonds. The summed E-state index contributed by atoms with van der Waals surface area (Å²) in [6.07, 6.45) is 0. The van der Waals surface area contributed by atoms with Crippen molar-refractivity contribution in [3.05, 3.63) is 78.1 Å². The molecule has 4 rings (SSSR count). The molecule has 10 heteroatoms. The van der Waals surface area contributed by atoms with Crippen molar-refractivity contribution in [3.63, 3.8) is 0 Å². The van der Waals surface area contributed by atoms with Gasteiger partial charge in [0.05, 0.1) is 16.7 Å². The van der Waals surface area contributed by atoms with Gasteiger partial charge >= 0.3 is 0 Å². The molecule has 1 heterocycles. The van der Waals surface area contributed by atoms with Crippen LogP contribution < -0.4 is 14.8 Å². The predicted molar refractivity (Wildman–Crippen MR) is 118 cm³/mol. The largest absolute Gasteiger partial charge is 0.497 e. The molecule has 0 radical (unpaired) electrons. The highest BCUT2D eigenvalue weighted by atomic mass is 32.2. The number of sulfonamides is 1. The van der Waals surface area contributed by atoms with Crippen molar-refractivity contribution in [2.75, 3.05) is 17.1 Å². The number of anilines is 2. The zero-order valence-electron chi connectivity index (χ0n) is 16.1. The molecule has 0 saturated heterocycles. The third-order valence-electron chi connectivity index (χ3n) is 4.34. The van der Waals surface area contributed by atoms with Gasteiger partial charge in [0.15, 0.2) is 5.13 Å². The van der Waals surface area contributed by atoms with Crippen molar-refractivity contribution in [2.45, 2.75) is 4.90 Å². The number of ether oxygens (including phenoxy) is 1. The smallest absolute Gasteiger partial charge is 0.261 e. The Hall–Kier alpha value is -3.50. The summed E-state index contributed by atoms with van der Waals surface area (Å²) in [5, 5.41) is 2.86. The highest BCUT2D eigenvalue weighted by molar-refractivity contribution is 7.92. The summed E-state index contributed by atoms with van der Waals surface area (Å²) in [7, 11) is -2.36. The zero-order chi connectivity index (χ0) is 22.0. The van der Waals surface area contributed by atoms with Gasteiger partial charge in [0.25, 0.3) is 15.9 Å². The van der Waals surface area contributed by atoms with Gasteiger partial charge in [0.2, 0.25) is 0 Å². The van der Waals surface area contributed by atoms with E-state index in [1.807, 2.05) is 0 Å². The van der Waals surface area contributed by atoms with E-state index in [9.17, 15) is 17.6 Å². The van der Waals surface area contributed by atoms with Gasteiger partial charge in [-0.3, -0.25) is 14.8 Å². The number of nitrogens with one attached hydrogen (secondary N) is 2. The number of halogens is 1. The van der Waals surface area contributed by atoms with Gasteiger partial charge in [0, 0.05) is 11.3 Å². The van der Waals surface area contributed by atoms with Gasteiger partial charge < -0.3 is 4.74 Å². The Balaban J connectivity index is 1.52. The second-order valence-corrected chi connectivity index (χ2v) is 9.13. The topological polar surface area (TPSA) is 97.4 Å². The van der Waals surface area contributed by atoms with Crippen LogP contribution in [0.3, 0.4) is 0 Å². The summed E-state index contributed by atoms with van der Waals surface area (Å²) in [4.78, 5) is 16.8. The van der Waals surface area contributed by atoms with E-state index in [1.165, 1.54) is 43.5 Å². The maximum Gasteiger partial charge on any atom is 0.261 e. The molecule has 158 valence electrons. The van der Waals surface area contributed by atoms with Crippen LogP contribution in [0.5, 0.6) is 5.75 Å². The SMILES string of the molecule is COc1ccc(S(=O)(=O)Nc2cccc(C(=O)Nc3nc4c(F)cccc4s3)c2)cc1. The molecule has 0 aliphatic carbocycles. The highest BCUT2D eigenvalue weighted by Crippen LogP contribution is 2.28. The first-order valence-corrected chi connectivity index (χ1v) is 11.3. The fourth-order valence-corrected chi connectivity index (χ4v) is 4.76. The number of hydrogen-bond donors (Lipinski definition) is 2. The van der Waals surface area contributed by atoms with Crippen LogP contribution >= 0.6 is 11.3 Å². The summed E-state index contributed by atoms with van der Waals surface area (Å²) in [5.74, 6) is -0.429. The molecule has 0 aliphatic rings. The Morgan fingerprint density at radius 2 is 1.81 bits per heavy atom. The molecule has 31 heavy (non-hydrogen) atoms. The Kier molecular flexibility index (Phi) is 5.57. The van der Waals surface area contributed by atoms with Crippen LogP contribution in [-0.2, 0) is 10.0 Å². The van der Waals surface area contributed by atoms with Crippen molar-refractivity contribution < 1.29 is 22.3 Å². The van der Waals surface area contributed by atoms with Crippen LogP contribution in [0.4, 0.5) is 15.2 Å². The van der Waals surface area contributed by atoms with Crippen LogP contribution in [0.15, 0.2) is 71.6 Å². The standard InChI is InChI=1S/C21H16FN3O4S2/c1-29-15-8-10-16(11-9-15)31(27,28)25-14-5-2-4-13(12-14)20(26)24-21-23-19-17(22)6-3-7-18(19)30-21/h2-12,25H,1H3,(H,23,24,26). The Bertz CT molecular complexity index is 1370. The van der Waals surface area contributed by atoms with E-state index in [2.05, 4.69) is 15.0 Å². The zero-order valence-corrected chi connectivity index (χ0v) is 17.8. The number of amides is 1. The minimum Gasteiger partial charge on any atom is -0.497 e. The van der Waals surface area contributed by atoms with Crippen LogP contribution in [0, 0.1) is 5.82 Å². The lowest BCUT2D eigenvalue weighted by Crippen LogP contribution is -2.15. The van der Waals surface area contributed by atoms with E-state index in [-0.39, 0.29) is 26.8 Å². The third kappa shape index (κ3) is 4.49. The first-order valence-electron chi connectivity index (χ1n) is 8.99. The van der Waals surface area contributed by atoms with E-state index in [0.717, 1.165) is 11.3 Å². The molecule has 0 atom stereocenters. The Labute approximate surface area is 181 Å². The molecular weight excluding hydrogens is 441 g/mol. The van der Waals surface area contributed by atoms with Gasteiger partial charge in [-0.1, -0.05) is 23.5 Å². The summed E-state index contributed by atoms with van der Waals surface area (Å²) in [6, 6.07) is 16.5. The van der Waals surface area contributed by atoms with Gasteiger partial charge in [-0.05, 0) is 54.6 Å². The van der Waals surface area contributed by atoms with E-state index in [1.54, 1.807) is 30.3 Å². The molecule has 0 fully saturated rings. The van der Waals surface area contributed by atoms with Crippen molar-refractivity contribution in [3.8, 4) is 5.75 Å². The number of thiazole rings is 1. The Morgan fingerprint density at radius 3 is 2.52 bits per heavy atom.